The SMILES string of the molecule is CC(C)(C)c1cccc(C(C)(C)C)c1.CC(C)(C)c1cccc(C(C)(C)C)c1.OCC(CO)(CO)CO.OP(O)OP(O)O. The fraction of sp³-hybridized carbons (Fsp3) is 0.636. The van der Waals surface area contributed by atoms with Crippen molar-refractivity contribution in [3.8, 4) is 0 Å². The second-order valence-electron chi connectivity index (χ2n) is 14.9. The molecule has 0 atom stereocenters. The van der Waals surface area contributed by atoms with E-state index in [0.717, 1.165) is 0 Å². The van der Waals surface area contributed by atoms with Crippen LogP contribution in [0.3, 0.4) is 0 Å². The molecule has 2 rings (SSSR count). The average Bonchev–Trinajstić information content (AvgIpc) is 2.89. The van der Waals surface area contributed by atoms with Gasteiger partial charge in [-0.3, -0.25) is 0 Å². The minimum absolute atomic E-state index is 0.251. The lowest BCUT2D eigenvalue weighted by Crippen LogP contribution is -2.37. The minimum atomic E-state index is -2.61. The van der Waals surface area contributed by atoms with Crippen molar-refractivity contribution in [2.75, 3.05) is 26.4 Å². The van der Waals surface area contributed by atoms with Crippen LogP contribution in [0.1, 0.15) is 105 Å². The van der Waals surface area contributed by atoms with Gasteiger partial charge in [-0.2, -0.15) is 0 Å². The topological polar surface area (TPSA) is 171 Å². The average molecular weight is 663 g/mol. The highest BCUT2D eigenvalue weighted by atomic mass is 31.2. The molecule has 0 heterocycles. The molecule has 2 aromatic rings. The largest absolute Gasteiger partial charge is 0.396 e. The summed E-state index contributed by atoms with van der Waals surface area (Å²) in [5, 5.41) is 34.0. The number of rotatable bonds is 6. The first-order valence-electron chi connectivity index (χ1n) is 14.5. The lowest BCUT2D eigenvalue weighted by molar-refractivity contribution is -0.0328. The maximum absolute atomic E-state index is 8.50. The van der Waals surface area contributed by atoms with Crippen molar-refractivity contribution in [2.24, 2.45) is 5.41 Å². The number of hydrogen-bond donors (Lipinski definition) is 8. The molecule has 256 valence electrons. The lowest BCUT2D eigenvalue weighted by atomic mass is 9.81. The predicted octanol–water partition coefficient (Wildman–Crippen LogP) is 5.93. The summed E-state index contributed by atoms with van der Waals surface area (Å²) < 4.78 is 3.60. The van der Waals surface area contributed by atoms with E-state index in [1.807, 2.05) is 0 Å². The Labute approximate surface area is 268 Å². The van der Waals surface area contributed by atoms with Gasteiger partial charge in [0.15, 0.2) is 0 Å². The molecule has 0 bridgehead atoms. The summed E-state index contributed by atoms with van der Waals surface area (Å²) in [4.78, 5) is 31.3. The molecular weight excluding hydrogens is 602 g/mol. The second kappa shape index (κ2) is 19.6. The zero-order chi connectivity index (χ0) is 35.2. The van der Waals surface area contributed by atoms with Gasteiger partial charge < -0.3 is 40.0 Å². The van der Waals surface area contributed by atoms with Gasteiger partial charge in [-0.1, -0.05) is 132 Å². The van der Waals surface area contributed by atoms with E-state index in [1.165, 1.54) is 22.3 Å². The van der Waals surface area contributed by atoms with Crippen LogP contribution in [0.5, 0.6) is 0 Å². The first-order valence-corrected chi connectivity index (χ1v) is 16.8. The summed E-state index contributed by atoms with van der Waals surface area (Å²) in [6.45, 7) is 25.5. The van der Waals surface area contributed by atoms with Crippen molar-refractivity contribution in [1.29, 1.82) is 0 Å². The van der Waals surface area contributed by atoms with Crippen molar-refractivity contribution in [3.63, 3.8) is 0 Å². The van der Waals surface area contributed by atoms with Gasteiger partial charge in [0.05, 0.1) is 31.8 Å². The molecule has 0 aliphatic rings. The van der Waals surface area contributed by atoms with Crippen LogP contribution in [0.15, 0.2) is 48.5 Å². The van der Waals surface area contributed by atoms with Gasteiger partial charge >= 0.3 is 17.2 Å². The summed E-state index contributed by atoms with van der Waals surface area (Å²) in [7, 11) is -5.22. The molecule has 2 aromatic carbocycles. The van der Waals surface area contributed by atoms with E-state index in [0.29, 0.717) is 0 Å². The summed E-state index contributed by atoms with van der Waals surface area (Å²) in [6.07, 6.45) is 0. The third-order valence-electron chi connectivity index (χ3n) is 6.68. The molecule has 11 heteroatoms. The molecule has 8 N–H and O–H groups in total. The van der Waals surface area contributed by atoms with Crippen LogP contribution < -0.4 is 0 Å². The fourth-order valence-electron chi connectivity index (χ4n) is 3.27. The van der Waals surface area contributed by atoms with Crippen molar-refractivity contribution in [3.05, 3.63) is 70.8 Å². The van der Waals surface area contributed by atoms with Crippen molar-refractivity contribution in [1.82, 2.24) is 0 Å². The first-order chi connectivity index (χ1) is 19.8. The monoisotopic (exact) mass is 662 g/mol. The normalized spacial score (nSPS) is 12.5. The molecule has 0 spiro atoms. The van der Waals surface area contributed by atoms with Crippen LogP contribution in [-0.4, -0.2) is 66.4 Å². The van der Waals surface area contributed by atoms with E-state index in [1.54, 1.807) is 0 Å². The first kappa shape index (κ1) is 45.1. The van der Waals surface area contributed by atoms with E-state index in [-0.39, 0.29) is 21.7 Å². The molecule has 0 unspecified atom stereocenters. The maximum atomic E-state index is 8.50. The molecule has 0 fully saturated rings. The molecular formula is C33H60O9P2. The Bertz CT molecular complexity index is 895. The summed E-state index contributed by atoms with van der Waals surface area (Å²) >= 11 is 0. The van der Waals surface area contributed by atoms with Gasteiger partial charge in [0.1, 0.15) is 0 Å². The third-order valence-corrected chi connectivity index (χ3v) is 7.85. The zero-order valence-corrected chi connectivity index (χ0v) is 30.6. The van der Waals surface area contributed by atoms with E-state index in [2.05, 4.69) is 136 Å². The van der Waals surface area contributed by atoms with Gasteiger partial charge in [0.25, 0.3) is 0 Å². The number of aliphatic hydroxyl groups excluding tert-OH is 4. The third kappa shape index (κ3) is 18.8. The Hall–Kier alpha value is -1.06. The van der Waals surface area contributed by atoms with E-state index < -0.39 is 49.0 Å². The summed E-state index contributed by atoms with van der Waals surface area (Å²) in [5.41, 5.74) is 5.58. The molecule has 0 aliphatic heterocycles. The Balaban J connectivity index is 0. The molecule has 0 saturated carbocycles. The van der Waals surface area contributed by atoms with Crippen LogP contribution in [0.25, 0.3) is 0 Å². The Morgan fingerprint density at radius 2 is 0.659 bits per heavy atom. The highest BCUT2D eigenvalue weighted by molar-refractivity contribution is 7.53. The van der Waals surface area contributed by atoms with Crippen LogP contribution in [0, 0.1) is 5.41 Å². The van der Waals surface area contributed by atoms with Gasteiger partial charge in [0, 0.05) is 0 Å². The Morgan fingerprint density at radius 1 is 0.455 bits per heavy atom. The Morgan fingerprint density at radius 3 is 0.750 bits per heavy atom. The second-order valence-corrected chi connectivity index (χ2v) is 16.5. The minimum Gasteiger partial charge on any atom is -0.396 e. The molecule has 0 radical (unpaired) electrons. The number of aliphatic hydroxyl groups is 4. The summed E-state index contributed by atoms with van der Waals surface area (Å²) in [5.74, 6) is 0. The Kier molecular flexibility index (Phi) is 20.0. The molecule has 0 aromatic heterocycles. The van der Waals surface area contributed by atoms with Gasteiger partial charge in [-0.15, -0.1) is 0 Å². The highest BCUT2D eigenvalue weighted by Gasteiger charge is 2.26. The molecule has 44 heavy (non-hydrogen) atoms. The van der Waals surface area contributed by atoms with Gasteiger partial charge in [0.2, 0.25) is 0 Å². The fourth-order valence-corrected chi connectivity index (χ4v) is 3.79. The molecule has 9 nitrogen and oxygen atoms in total. The van der Waals surface area contributed by atoms with Crippen molar-refractivity contribution < 1.29 is 44.3 Å². The van der Waals surface area contributed by atoms with E-state index in [9.17, 15) is 0 Å². The number of benzene rings is 2. The molecule has 0 saturated heterocycles. The maximum Gasteiger partial charge on any atom is 0.334 e. The van der Waals surface area contributed by atoms with Gasteiger partial charge in [-0.25, -0.2) is 4.31 Å². The van der Waals surface area contributed by atoms with E-state index >= 15 is 0 Å². The molecule has 0 aliphatic carbocycles. The smallest absolute Gasteiger partial charge is 0.334 e. The van der Waals surface area contributed by atoms with Crippen LogP contribution in [0.4, 0.5) is 0 Å². The van der Waals surface area contributed by atoms with Crippen LogP contribution >= 0.6 is 17.2 Å². The number of hydrogen-bond acceptors (Lipinski definition) is 9. The molecule has 0 amide bonds. The van der Waals surface area contributed by atoms with Crippen LogP contribution in [0.2, 0.25) is 0 Å². The van der Waals surface area contributed by atoms with Crippen molar-refractivity contribution >= 4 is 17.2 Å². The van der Waals surface area contributed by atoms with Crippen LogP contribution in [-0.2, 0) is 26.0 Å². The van der Waals surface area contributed by atoms with E-state index in [4.69, 9.17) is 40.0 Å². The zero-order valence-electron chi connectivity index (χ0n) is 28.8. The van der Waals surface area contributed by atoms with Crippen molar-refractivity contribution in [2.45, 2.75) is 105 Å². The standard InChI is InChI=1S/2C14H22.C5H12O4.H4O5P2/c2*1-13(2,3)11-8-7-9-12(10-11)14(4,5)6;6-1-5(2-7,3-8)4-9;1-6(2)5-7(3)4/h2*7-10H,1-6H3;6-9H,1-4H2;1-4H. The highest BCUT2D eigenvalue weighted by Crippen LogP contribution is 2.41. The lowest BCUT2D eigenvalue weighted by Gasteiger charge is -2.24. The van der Waals surface area contributed by atoms with Gasteiger partial charge in [-0.05, 0) is 43.9 Å². The predicted molar refractivity (Wildman–Crippen MR) is 182 cm³/mol. The quantitative estimate of drug-likeness (QED) is 0.175. The summed E-state index contributed by atoms with van der Waals surface area (Å²) in [6, 6.07) is 17.9.